The topological polar surface area (TPSA) is 151 Å². The number of phenolic OH excluding ortho intramolecular Hbond substituents is 1. The molecule has 0 bridgehead atoms. The van der Waals surface area contributed by atoms with E-state index in [0.717, 1.165) is 16.4 Å². The van der Waals surface area contributed by atoms with Crippen molar-refractivity contribution in [2.24, 2.45) is 5.10 Å². The lowest BCUT2D eigenvalue weighted by molar-refractivity contribution is -0.387. The van der Waals surface area contributed by atoms with Gasteiger partial charge in [0.25, 0.3) is 21.6 Å². The van der Waals surface area contributed by atoms with Gasteiger partial charge in [-0.15, -0.1) is 0 Å². The van der Waals surface area contributed by atoms with E-state index in [-0.39, 0.29) is 17.2 Å². The monoisotopic (exact) mass is 484 g/mol. The maximum absolute atomic E-state index is 13.4. The van der Waals surface area contributed by atoms with Crippen LogP contribution in [-0.2, 0) is 14.8 Å². The SMILES string of the molecule is COc1cc(/C=N\NC(=O)CN(c2ccccc2)S(=O)(=O)c2ccccc2[N+](=O)[O-])ccc1O. The van der Waals surface area contributed by atoms with Gasteiger partial charge in [-0.3, -0.25) is 19.2 Å². The minimum atomic E-state index is -4.48. The highest BCUT2D eigenvalue weighted by atomic mass is 32.2. The van der Waals surface area contributed by atoms with Crippen molar-refractivity contribution in [3.63, 3.8) is 0 Å². The molecule has 2 N–H and O–H groups in total. The molecule has 0 saturated carbocycles. The Kier molecular flexibility index (Phi) is 7.43. The van der Waals surface area contributed by atoms with Gasteiger partial charge in [0.2, 0.25) is 0 Å². The Morgan fingerprint density at radius 2 is 1.82 bits per heavy atom. The summed E-state index contributed by atoms with van der Waals surface area (Å²) in [6.45, 7) is -0.686. The molecule has 0 aliphatic heterocycles. The van der Waals surface area contributed by atoms with Crippen molar-refractivity contribution in [1.29, 1.82) is 0 Å². The van der Waals surface area contributed by atoms with Crippen molar-refractivity contribution >= 4 is 33.5 Å². The molecule has 0 saturated heterocycles. The fraction of sp³-hybridized carbons (Fsp3) is 0.0909. The summed E-state index contributed by atoms with van der Waals surface area (Å²) < 4.78 is 32.5. The number of anilines is 1. The molecule has 0 heterocycles. The van der Waals surface area contributed by atoms with Gasteiger partial charge in [-0.05, 0) is 42.0 Å². The number of benzene rings is 3. The fourth-order valence-corrected chi connectivity index (χ4v) is 4.55. The van der Waals surface area contributed by atoms with Crippen molar-refractivity contribution in [2.45, 2.75) is 4.90 Å². The molecule has 11 nitrogen and oxygen atoms in total. The first-order valence-electron chi connectivity index (χ1n) is 9.74. The number of aromatic hydroxyl groups is 1. The first-order chi connectivity index (χ1) is 16.2. The lowest BCUT2D eigenvalue weighted by Crippen LogP contribution is -2.39. The highest BCUT2D eigenvalue weighted by Gasteiger charge is 2.33. The smallest absolute Gasteiger partial charge is 0.289 e. The molecule has 12 heteroatoms. The van der Waals surface area contributed by atoms with Gasteiger partial charge in [-0.25, -0.2) is 13.8 Å². The molecule has 3 aromatic carbocycles. The second-order valence-corrected chi connectivity index (χ2v) is 8.63. The highest BCUT2D eigenvalue weighted by molar-refractivity contribution is 7.93. The van der Waals surface area contributed by atoms with Crippen LogP contribution in [0.5, 0.6) is 11.5 Å². The number of rotatable bonds is 9. The molecule has 0 unspecified atom stereocenters. The van der Waals surface area contributed by atoms with Crippen LogP contribution < -0.4 is 14.5 Å². The molecular formula is C22H20N4O7S. The quantitative estimate of drug-likeness (QED) is 0.269. The average molecular weight is 484 g/mol. The van der Waals surface area contributed by atoms with E-state index < -0.39 is 38.0 Å². The van der Waals surface area contributed by atoms with Crippen molar-refractivity contribution < 1.29 is 28.0 Å². The van der Waals surface area contributed by atoms with Gasteiger partial charge in [-0.2, -0.15) is 5.10 Å². The van der Waals surface area contributed by atoms with Gasteiger partial charge in [0, 0.05) is 6.07 Å². The Morgan fingerprint density at radius 3 is 2.50 bits per heavy atom. The normalized spacial score (nSPS) is 11.2. The molecule has 34 heavy (non-hydrogen) atoms. The Balaban J connectivity index is 1.87. The van der Waals surface area contributed by atoms with E-state index in [1.165, 1.54) is 55.8 Å². The molecule has 0 atom stereocenters. The molecule has 176 valence electrons. The number of carbonyl (C=O) groups excluding carboxylic acids is 1. The number of nitrogens with one attached hydrogen (secondary N) is 1. The number of carbonyl (C=O) groups is 1. The van der Waals surface area contributed by atoms with E-state index in [0.29, 0.717) is 5.56 Å². The number of methoxy groups -OCH3 is 1. The van der Waals surface area contributed by atoms with Crippen molar-refractivity contribution in [3.05, 3.63) is 88.5 Å². The Hall–Kier alpha value is -4.45. The minimum absolute atomic E-state index is 0.0672. The Morgan fingerprint density at radius 1 is 1.15 bits per heavy atom. The van der Waals surface area contributed by atoms with Crippen LogP contribution in [0.4, 0.5) is 11.4 Å². The number of ether oxygens (including phenoxy) is 1. The Bertz CT molecular complexity index is 1330. The molecule has 1 amide bonds. The predicted octanol–water partition coefficient (Wildman–Crippen LogP) is 2.65. The molecule has 3 aromatic rings. The van der Waals surface area contributed by atoms with E-state index in [1.54, 1.807) is 18.2 Å². The van der Waals surface area contributed by atoms with Gasteiger partial charge in [-0.1, -0.05) is 30.3 Å². The second kappa shape index (κ2) is 10.4. The largest absolute Gasteiger partial charge is 0.504 e. The van der Waals surface area contributed by atoms with Crippen molar-refractivity contribution in [2.75, 3.05) is 18.0 Å². The number of hydrogen-bond donors (Lipinski definition) is 2. The summed E-state index contributed by atoms with van der Waals surface area (Å²) in [6.07, 6.45) is 1.28. The van der Waals surface area contributed by atoms with Gasteiger partial charge in [0.15, 0.2) is 16.4 Å². The maximum Gasteiger partial charge on any atom is 0.289 e. The summed E-state index contributed by atoms with van der Waals surface area (Å²) >= 11 is 0. The number of hydrogen-bond acceptors (Lipinski definition) is 8. The summed E-state index contributed by atoms with van der Waals surface area (Å²) in [4.78, 5) is 22.6. The summed E-state index contributed by atoms with van der Waals surface area (Å²) in [6, 6.07) is 17.0. The molecule has 0 aliphatic carbocycles. The van der Waals surface area contributed by atoms with Crippen LogP contribution >= 0.6 is 0 Å². The van der Waals surface area contributed by atoms with E-state index in [4.69, 9.17) is 4.74 Å². The maximum atomic E-state index is 13.4. The van der Waals surface area contributed by atoms with Crippen LogP contribution in [0.25, 0.3) is 0 Å². The van der Waals surface area contributed by atoms with Crippen molar-refractivity contribution in [3.8, 4) is 11.5 Å². The van der Waals surface area contributed by atoms with Crippen LogP contribution in [0.2, 0.25) is 0 Å². The number of para-hydroxylation sites is 2. The molecule has 0 aromatic heterocycles. The Labute approximate surface area is 195 Å². The van der Waals surface area contributed by atoms with Gasteiger partial charge >= 0.3 is 0 Å². The standard InChI is InChI=1S/C22H20N4O7S/c1-33-20-13-16(11-12-19(20)27)14-23-24-22(28)15-25(17-7-3-2-4-8-17)34(31,32)21-10-6-5-9-18(21)26(29)30/h2-14,27H,15H2,1H3,(H,24,28)/b23-14-. The van der Waals surface area contributed by atoms with E-state index >= 15 is 0 Å². The number of nitrogens with zero attached hydrogens (tertiary/aromatic N) is 3. The number of nitro benzene ring substituents is 1. The summed E-state index contributed by atoms with van der Waals surface area (Å²) in [5.74, 6) is -0.642. The number of hydrazone groups is 1. The fourth-order valence-electron chi connectivity index (χ4n) is 2.97. The van der Waals surface area contributed by atoms with Crippen LogP contribution in [0.3, 0.4) is 0 Å². The van der Waals surface area contributed by atoms with Crippen LogP contribution in [0.15, 0.2) is 82.8 Å². The lowest BCUT2D eigenvalue weighted by atomic mass is 10.2. The lowest BCUT2D eigenvalue weighted by Gasteiger charge is -2.23. The number of sulfonamides is 1. The first-order valence-corrected chi connectivity index (χ1v) is 11.2. The zero-order chi connectivity index (χ0) is 24.7. The van der Waals surface area contributed by atoms with Crippen LogP contribution in [-0.4, -0.2) is 44.2 Å². The van der Waals surface area contributed by atoms with Gasteiger partial charge < -0.3 is 9.84 Å². The van der Waals surface area contributed by atoms with Gasteiger partial charge in [0.05, 0.1) is 23.9 Å². The molecule has 3 rings (SSSR count). The van der Waals surface area contributed by atoms with E-state index in [9.17, 15) is 28.4 Å². The second-order valence-electron chi connectivity index (χ2n) is 6.80. The summed E-state index contributed by atoms with van der Waals surface area (Å²) in [5, 5.41) is 24.8. The zero-order valence-electron chi connectivity index (χ0n) is 17.9. The van der Waals surface area contributed by atoms with Crippen LogP contribution in [0, 0.1) is 10.1 Å². The molecular weight excluding hydrogens is 464 g/mol. The van der Waals surface area contributed by atoms with E-state index in [1.807, 2.05) is 0 Å². The summed E-state index contributed by atoms with van der Waals surface area (Å²) in [7, 11) is -3.10. The average Bonchev–Trinajstić information content (AvgIpc) is 2.84. The number of nitro groups is 1. The number of amides is 1. The molecule has 0 spiro atoms. The van der Waals surface area contributed by atoms with Crippen LogP contribution in [0.1, 0.15) is 5.56 Å². The molecule has 0 aliphatic rings. The number of phenols is 1. The predicted molar refractivity (Wildman–Crippen MR) is 124 cm³/mol. The third-order valence-corrected chi connectivity index (χ3v) is 6.39. The molecule has 0 fully saturated rings. The third kappa shape index (κ3) is 5.48. The van der Waals surface area contributed by atoms with E-state index in [2.05, 4.69) is 10.5 Å². The highest BCUT2D eigenvalue weighted by Crippen LogP contribution is 2.29. The van der Waals surface area contributed by atoms with Gasteiger partial charge in [0.1, 0.15) is 6.54 Å². The zero-order valence-corrected chi connectivity index (χ0v) is 18.7. The minimum Gasteiger partial charge on any atom is -0.504 e. The third-order valence-electron chi connectivity index (χ3n) is 4.57. The molecule has 0 radical (unpaired) electrons. The first kappa shape index (κ1) is 24.2. The summed E-state index contributed by atoms with van der Waals surface area (Å²) in [5.41, 5.74) is 2.27. The van der Waals surface area contributed by atoms with Crippen molar-refractivity contribution in [1.82, 2.24) is 5.43 Å².